The van der Waals surface area contributed by atoms with E-state index in [1.165, 1.54) is 16.6 Å². The van der Waals surface area contributed by atoms with Gasteiger partial charge in [-0.15, -0.1) is 0 Å². The molecule has 3 aromatic rings. The van der Waals surface area contributed by atoms with E-state index in [9.17, 15) is 13.2 Å². The van der Waals surface area contributed by atoms with Gasteiger partial charge in [0.05, 0.1) is 0 Å². The van der Waals surface area contributed by atoms with E-state index in [4.69, 9.17) is 0 Å². The summed E-state index contributed by atoms with van der Waals surface area (Å²) in [6.07, 6.45) is 2.27. The molecule has 3 heterocycles. The molecule has 1 N–H and O–H groups in total. The maximum absolute atomic E-state index is 13.3. The zero-order valence-electron chi connectivity index (χ0n) is 17.3. The molecule has 9 heteroatoms. The van der Waals surface area contributed by atoms with Gasteiger partial charge in [0.15, 0.2) is 0 Å². The minimum atomic E-state index is -3.61. The van der Waals surface area contributed by atoms with Crippen molar-refractivity contribution in [2.24, 2.45) is 7.05 Å². The molecule has 0 saturated heterocycles. The van der Waals surface area contributed by atoms with Crippen molar-refractivity contribution in [3.63, 3.8) is 0 Å². The number of aromatic amines is 1. The van der Waals surface area contributed by atoms with Crippen molar-refractivity contribution in [3.8, 4) is 0 Å². The highest BCUT2D eigenvalue weighted by atomic mass is 79.9. The van der Waals surface area contributed by atoms with E-state index in [2.05, 4.69) is 27.0 Å². The third-order valence-corrected chi connectivity index (χ3v) is 8.28. The highest BCUT2D eigenvalue weighted by molar-refractivity contribution is 9.10. The summed E-state index contributed by atoms with van der Waals surface area (Å²) in [5.74, 6) is -0.159. The van der Waals surface area contributed by atoms with Crippen LogP contribution in [0.5, 0.6) is 0 Å². The first-order valence-corrected chi connectivity index (χ1v) is 12.2. The number of H-pyrrole nitrogens is 1. The van der Waals surface area contributed by atoms with Crippen LogP contribution >= 0.6 is 15.9 Å². The summed E-state index contributed by atoms with van der Waals surface area (Å²) in [6, 6.07) is 7.59. The van der Waals surface area contributed by atoms with Crippen LogP contribution in [0, 0.1) is 0 Å². The quantitative estimate of drug-likeness (QED) is 0.591. The Bertz CT molecular complexity index is 1220. The Morgan fingerprint density at radius 3 is 2.67 bits per heavy atom. The number of aryl methyl sites for hydroxylation is 1. The first-order chi connectivity index (χ1) is 14.3. The Labute approximate surface area is 184 Å². The lowest BCUT2D eigenvalue weighted by molar-refractivity contribution is 0.0725. The minimum Gasteiger partial charge on any atom is -0.358 e. The zero-order valence-corrected chi connectivity index (χ0v) is 19.7. The van der Waals surface area contributed by atoms with Gasteiger partial charge in [-0.1, -0.05) is 29.8 Å². The van der Waals surface area contributed by atoms with Gasteiger partial charge < -0.3 is 14.5 Å². The second-order valence-electron chi connectivity index (χ2n) is 7.51. The van der Waals surface area contributed by atoms with Gasteiger partial charge in [0, 0.05) is 72.5 Å². The van der Waals surface area contributed by atoms with Crippen LogP contribution < -0.4 is 0 Å². The number of amides is 1. The van der Waals surface area contributed by atoms with Gasteiger partial charge in [0.25, 0.3) is 5.91 Å². The molecule has 0 spiro atoms. The van der Waals surface area contributed by atoms with Crippen LogP contribution in [0.1, 0.15) is 35.6 Å². The van der Waals surface area contributed by atoms with Crippen LogP contribution in [0.25, 0.3) is 10.9 Å². The van der Waals surface area contributed by atoms with E-state index >= 15 is 0 Å². The summed E-state index contributed by atoms with van der Waals surface area (Å²) >= 11 is 3.52. The molecule has 30 heavy (non-hydrogen) atoms. The minimum absolute atomic E-state index is 0.158. The number of carbonyl (C=O) groups excluding carboxylic acids is 1. The Hall–Kier alpha value is -2.10. The fraction of sp³-hybridized carbons (Fsp3) is 0.381. The van der Waals surface area contributed by atoms with Crippen LogP contribution in [0.3, 0.4) is 0 Å². The number of carbonyl (C=O) groups is 1. The summed E-state index contributed by atoms with van der Waals surface area (Å²) in [5.41, 5.74) is 3.72. The number of nitrogens with one attached hydrogen (secondary N) is 1. The zero-order chi connectivity index (χ0) is 21.6. The molecular weight excluding hydrogens is 468 g/mol. The summed E-state index contributed by atoms with van der Waals surface area (Å²) < 4.78 is 29.7. The predicted molar refractivity (Wildman–Crippen MR) is 120 cm³/mol. The van der Waals surface area contributed by atoms with Gasteiger partial charge in [-0.3, -0.25) is 4.79 Å². The Kier molecular flexibility index (Phi) is 5.54. The molecular formula is C21H25BrN4O3S. The third kappa shape index (κ3) is 3.48. The molecule has 7 nitrogen and oxygen atoms in total. The number of nitrogens with zero attached hydrogens (tertiary/aromatic N) is 3. The van der Waals surface area contributed by atoms with Crippen LogP contribution in [-0.2, 0) is 30.0 Å². The maximum Gasteiger partial charge on any atom is 0.270 e. The molecule has 4 rings (SSSR count). The van der Waals surface area contributed by atoms with Gasteiger partial charge in [-0.25, -0.2) is 8.42 Å². The van der Waals surface area contributed by atoms with E-state index in [0.717, 1.165) is 33.1 Å². The Morgan fingerprint density at radius 2 is 1.97 bits per heavy atom. The van der Waals surface area contributed by atoms with Crippen LogP contribution in [0.4, 0.5) is 0 Å². The number of fused-ring (bicyclic) bond motifs is 3. The fourth-order valence-electron chi connectivity index (χ4n) is 4.12. The number of halogens is 1. The van der Waals surface area contributed by atoms with E-state index in [1.54, 1.807) is 30.4 Å². The number of benzene rings is 1. The molecule has 0 atom stereocenters. The molecule has 2 aromatic heterocycles. The first-order valence-electron chi connectivity index (χ1n) is 10.0. The predicted octanol–water partition coefficient (Wildman–Crippen LogP) is 3.50. The van der Waals surface area contributed by atoms with Crippen LogP contribution in [-0.4, -0.2) is 52.7 Å². The number of sulfonamides is 1. The van der Waals surface area contributed by atoms with Crippen LogP contribution in [0.2, 0.25) is 0 Å². The van der Waals surface area contributed by atoms with E-state index in [0.29, 0.717) is 31.9 Å². The maximum atomic E-state index is 13.3. The molecule has 0 radical (unpaired) electrons. The number of rotatable bonds is 5. The average molecular weight is 493 g/mol. The fourth-order valence-corrected chi connectivity index (χ4v) is 6.01. The Balaban J connectivity index is 1.64. The van der Waals surface area contributed by atoms with Gasteiger partial charge >= 0.3 is 0 Å². The van der Waals surface area contributed by atoms with Crippen molar-refractivity contribution < 1.29 is 13.2 Å². The summed E-state index contributed by atoms with van der Waals surface area (Å²) in [6.45, 7) is 5.48. The molecule has 1 aliphatic rings. The van der Waals surface area contributed by atoms with Gasteiger partial charge in [-0.05, 0) is 24.3 Å². The van der Waals surface area contributed by atoms with E-state index < -0.39 is 10.0 Å². The molecule has 1 aliphatic heterocycles. The van der Waals surface area contributed by atoms with Crippen molar-refractivity contribution in [2.75, 3.05) is 19.6 Å². The molecule has 1 aromatic carbocycles. The van der Waals surface area contributed by atoms with Crippen molar-refractivity contribution in [1.82, 2.24) is 18.8 Å². The Morgan fingerprint density at radius 1 is 1.23 bits per heavy atom. The SMILES string of the molecule is CCN(CC)S(=O)(=O)c1cc(C(=O)N2CCc3[nH]c4ccc(Br)cc4c3C2)n(C)c1. The number of hydrogen-bond acceptors (Lipinski definition) is 3. The lowest BCUT2D eigenvalue weighted by atomic mass is 10.0. The molecule has 0 saturated carbocycles. The molecule has 0 fully saturated rings. The highest BCUT2D eigenvalue weighted by Crippen LogP contribution is 2.31. The lowest BCUT2D eigenvalue weighted by Crippen LogP contribution is -2.36. The second kappa shape index (κ2) is 7.86. The smallest absolute Gasteiger partial charge is 0.270 e. The number of hydrogen-bond donors (Lipinski definition) is 1. The summed E-state index contributed by atoms with van der Waals surface area (Å²) in [4.78, 5) is 18.7. The normalized spacial score (nSPS) is 14.5. The topological polar surface area (TPSA) is 78.4 Å². The lowest BCUT2D eigenvalue weighted by Gasteiger charge is -2.27. The second-order valence-corrected chi connectivity index (χ2v) is 10.4. The van der Waals surface area contributed by atoms with Crippen molar-refractivity contribution in [2.45, 2.75) is 31.7 Å². The molecule has 160 valence electrons. The average Bonchev–Trinajstić information content (AvgIpc) is 3.28. The highest BCUT2D eigenvalue weighted by Gasteiger charge is 2.29. The van der Waals surface area contributed by atoms with Gasteiger partial charge in [0.2, 0.25) is 10.0 Å². The van der Waals surface area contributed by atoms with Gasteiger partial charge in [0.1, 0.15) is 10.6 Å². The monoisotopic (exact) mass is 492 g/mol. The number of aromatic nitrogens is 2. The van der Waals surface area contributed by atoms with Crippen molar-refractivity contribution in [3.05, 3.63) is 51.9 Å². The van der Waals surface area contributed by atoms with E-state index in [-0.39, 0.29) is 10.8 Å². The van der Waals surface area contributed by atoms with Crippen molar-refractivity contribution >= 4 is 42.8 Å². The first kappa shape index (κ1) is 21.1. The van der Waals surface area contributed by atoms with E-state index in [1.807, 2.05) is 12.1 Å². The summed E-state index contributed by atoms with van der Waals surface area (Å²) in [7, 11) is -1.89. The standard InChI is InChI=1S/C21H25BrN4O3S/c1-4-26(5-2)30(28,29)15-11-20(24(3)12-15)21(27)25-9-8-19-17(13-25)16-10-14(22)6-7-18(16)23-19/h6-7,10-12,23H,4-5,8-9,13H2,1-3H3. The molecule has 1 amide bonds. The third-order valence-electron chi connectivity index (χ3n) is 5.77. The van der Waals surface area contributed by atoms with Gasteiger partial charge in [-0.2, -0.15) is 4.31 Å². The summed E-state index contributed by atoms with van der Waals surface area (Å²) in [5, 5.41) is 1.11. The molecule has 0 bridgehead atoms. The largest absolute Gasteiger partial charge is 0.358 e. The van der Waals surface area contributed by atoms with Crippen molar-refractivity contribution in [1.29, 1.82) is 0 Å². The molecule has 0 unspecified atom stereocenters. The molecule has 0 aliphatic carbocycles. The van der Waals surface area contributed by atoms with Crippen LogP contribution in [0.15, 0.2) is 39.8 Å².